The van der Waals surface area contributed by atoms with Gasteiger partial charge in [0.2, 0.25) is 11.8 Å². The first-order valence-electron chi connectivity index (χ1n) is 8.30. The molecule has 2 aliphatic heterocycles. The lowest BCUT2D eigenvalue weighted by atomic mass is 9.93. The zero-order chi connectivity index (χ0) is 15.1. The Morgan fingerprint density at radius 3 is 2.86 bits per heavy atom. The predicted octanol–water partition coefficient (Wildman–Crippen LogP) is 1.13. The number of aromatic amines is 1. The molecule has 1 aromatic rings. The van der Waals surface area contributed by atoms with Gasteiger partial charge in [0.25, 0.3) is 0 Å². The van der Waals surface area contributed by atoms with E-state index in [-0.39, 0.29) is 17.7 Å². The molecule has 3 fully saturated rings. The Morgan fingerprint density at radius 1 is 1.27 bits per heavy atom. The van der Waals surface area contributed by atoms with Crippen molar-refractivity contribution >= 4 is 11.8 Å². The van der Waals surface area contributed by atoms with Crippen LogP contribution in [0.25, 0.3) is 0 Å². The molecule has 2 atom stereocenters. The summed E-state index contributed by atoms with van der Waals surface area (Å²) in [6, 6.07) is 2.41. The van der Waals surface area contributed by atoms with Crippen molar-refractivity contribution in [1.29, 1.82) is 0 Å². The van der Waals surface area contributed by atoms with Crippen molar-refractivity contribution in [3.63, 3.8) is 0 Å². The maximum Gasteiger partial charge on any atom is 0.228 e. The smallest absolute Gasteiger partial charge is 0.228 e. The van der Waals surface area contributed by atoms with Crippen molar-refractivity contribution in [3.8, 4) is 0 Å². The average Bonchev–Trinajstić information content (AvgIpc) is 3.09. The van der Waals surface area contributed by atoms with Crippen molar-refractivity contribution in [2.24, 2.45) is 5.92 Å². The lowest BCUT2D eigenvalue weighted by molar-refractivity contribution is -0.137. The van der Waals surface area contributed by atoms with E-state index >= 15 is 0 Å². The quantitative estimate of drug-likeness (QED) is 0.910. The van der Waals surface area contributed by atoms with Crippen LogP contribution in [0.3, 0.4) is 0 Å². The standard InChI is InChI=1S/C16H22N4O2/c21-15-8-12(10-20(15)13-3-4-13)16(22)19-7-1-2-11(9-19)14-5-6-17-18-14/h5-6,11-13H,1-4,7-10H2,(H,17,18). The number of nitrogens with zero attached hydrogens (tertiary/aromatic N) is 3. The van der Waals surface area contributed by atoms with Gasteiger partial charge in [0.1, 0.15) is 0 Å². The largest absolute Gasteiger partial charge is 0.342 e. The van der Waals surface area contributed by atoms with Crippen molar-refractivity contribution in [2.75, 3.05) is 19.6 Å². The number of rotatable bonds is 3. The fourth-order valence-electron chi connectivity index (χ4n) is 3.82. The Kier molecular flexibility index (Phi) is 3.39. The maximum atomic E-state index is 12.8. The van der Waals surface area contributed by atoms with Gasteiger partial charge in [-0.25, -0.2) is 0 Å². The van der Waals surface area contributed by atoms with E-state index in [1.54, 1.807) is 6.20 Å². The normalized spacial score (nSPS) is 29.2. The van der Waals surface area contributed by atoms with Gasteiger partial charge in [-0.3, -0.25) is 14.7 Å². The van der Waals surface area contributed by atoms with Crippen LogP contribution >= 0.6 is 0 Å². The van der Waals surface area contributed by atoms with Crippen LogP contribution in [0.2, 0.25) is 0 Å². The molecule has 118 valence electrons. The van der Waals surface area contributed by atoms with Crippen LogP contribution in [0.1, 0.15) is 43.7 Å². The number of carbonyl (C=O) groups excluding carboxylic acids is 2. The van der Waals surface area contributed by atoms with Crippen LogP contribution in [0.5, 0.6) is 0 Å². The number of likely N-dealkylation sites (tertiary alicyclic amines) is 2. The van der Waals surface area contributed by atoms with E-state index in [0.29, 0.717) is 24.9 Å². The molecule has 1 aromatic heterocycles. The summed E-state index contributed by atoms with van der Waals surface area (Å²) in [5.74, 6) is 0.550. The van der Waals surface area contributed by atoms with Gasteiger partial charge in [0.15, 0.2) is 0 Å². The third-order valence-corrected chi connectivity index (χ3v) is 5.19. The molecule has 1 aliphatic carbocycles. The molecule has 6 nitrogen and oxygen atoms in total. The number of piperidine rings is 1. The molecular weight excluding hydrogens is 280 g/mol. The van der Waals surface area contributed by atoms with Gasteiger partial charge in [-0.1, -0.05) is 0 Å². The molecule has 6 heteroatoms. The zero-order valence-corrected chi connectivity index (χ0v) is 12.7. The first-order valence-corrected chi connectivity index (χ1v) is 8.30. The molecule has 2 unspecified atom stereocenters. The van der Waals surface area contributed by atoms with Gasteiger partial charge in [-0.05, 0) is 31.7 Å². The van der Waals surface area contributed by atoms with E-state index in [1.165, 1.54) is 0 Å². The molecule has 0 bridgehead atoms. The summed E-state index contributed by atoms with van der Waals surface area (Å²) in [6.07, 6.45) is 6.49. The summed E-state index contributed by atoms with van der Waals surface area (Å²) in [4.78, 5) is 28.7. The Hall–Kier alpha value is -1.85. The minimum atomic E-state index is -0.131. The number of hydrogen-bond donors (Lipinski definition) is 1. The highest BCUT2D eigenvalue weighted by molar-refractivity contribution is 5.89. The monoisotopic (exact) mass is 302 g/mol. The number of carbonyl (C=O) groups is 2. The topological polar surface area (TPSA) is 69.3 Å². The second kappa shape index (κ2) is 5.41. The van der Waals surface area contributed by atoms with Gasteiger partial charge >= 0.3 is 0 Å². The summed E-state index contributed by atoms with van der Waals surface area (Å²) < 4.78 is 0. The van der Waals surface area contributed by atoms with Gasteiger partial charge < -0.3 is 9.80 Å². The molecule has 2 saturated heterocycles. The van der Waals surface area contributed by atoms with Crippen molar-refractivity contribution in [2.45, 2.75) is 44.1 Å². The highest BCUT2D eigenvalue weighted by Crippen LogP contribution is 2.34. The summed E-state index contributed by atoms with van der Waals surface area (Å²) in [5.41, 5.74) is 1.11. The summed E-state index contributed by atoms with van der Waals surface area (Å²) in [5, 5.41) is 7.03. The first-order chi connectivity index (χ1) is 10.7. The molecule has 4 rings (SSSR count). The van der Waals surface area contributed by atoms with E-state index in [4.69, 9.17) is 0 Å². The Morgan fingerprint density at radius 2 is 2.14 bits per heavy atom. The maximum absolute atomic E-state index is 12.8. The van der Waals surface area contributed by atoms with Crippen molar-refractivity contribution in [1.82, 2.24) is 20.0 Å². The molecule has 0 spiro atoms. The van der Waals surface area contributed by atoms with Crippen LogP contribution < -0.4 is 0 Å². The molecule has 1 saturated carbocycles. The van der Waals surface area contributed by atoms with E-state index in [9.17, 15) is 9.59 Å². The minimum absolute atomic E-state index is 0.131. The molecule has 1 N–H and O–H groups in total. The first kappa shape index (κ1) is 13.8. The summed E-state index contributed by atoms with van der Waals surface area (Å²) in [7, 11) is 0. The fraction of sp³-hybridized carbons (Fsp3) is 0.688. The highest BCUT2D eigenvalue weighted by atomic mass is 16.2. The van der Waals surface area contributed by atoms with Gasteiger partial charge in [0, 0.05) is 49.9 Å². The second-order valence-electron chi connectivity index (χ2n) is 6.81. The molecular formula is C16H22N4O2. The Balaban J connectivity index is 1.41. The highest BCUT2D eigenvalue weighted by Gasteiger charge is 2.43. The molecule has 22 heavy (non-hydrogen) atoms. The van der Waals surface area contributed by atoms with E-state index < -0.39 is 0 Å². The number of hydrogen-bond acceptors (Lipinski definition) is 3. The van der Waals surface area contributed by atoms with Crippen molar-refractivity contribution in [3.05, 3.63) is 18.0 Å². The molecule has 0 aromatic carbocycles. The van der Waals surface area contributed by atoms with E-state index in [0.717, 1.165) is 44.5 Å². The lowest BCUT2D eigenvalue weighted by Crippen LogP contribution is -2.43. The zero-order valence-electron chi connectivity index (χ0n) is 12.7. The summed E-state index contributed by atoms with van der Waals surface area (Å²) in [6.45, 7) is 2.19. The third-order valence-electron chi connectivity index (χ3n) is 5.19. The third kappa shape index (κ3) is 2.51. The van der Waals surface area contributed by atoms with Gasteiger partial charge in [0.05, 0.1) is 5.92 Å². The van der Waals surface area contributed by atoms with Crippen LogP contribution in [0, 0.1) is 5.92 Å². The van der Waals surface area contributed by atoms with Crippen LogP contribution in [-0.4, -0.2) is 57.5 Å². The van der Waals surface area contributed by atoms with E-state index in [1.807, 2.05) is 15.9 Å². The van der Waals surface area contributed by atoms with Crippen LogP contribution in [0.4, 0.5) is 0 Å². The number of aromatic nitrogens is 2. The lowest BCUT2D eigenvalue weighted by Gasteiger charge is -2.33. The van der Waals surface area contributed by atoms with Gasteiger partial charge in [-0.15, -0.1) is 0 Å². The molecule has 3 aliphatic rings. The molecule has 3 heterocycles. The average molecular weight is 302 g/mol. The SMILES string of the molecule is O=C(C1CC(=O)N(C2CC2)C1)N1CCCC(c2ccn[nH]2)C1. The second-order valence-corrected chi connectivity index (χ2v) is 6.81. The molecule has 2 amide bonds. The fourth-order valence-corrected chi connectivity index (χ4v) is 3.82. The summed E-state index contributed by atoms with van der Waals surface area (Å²) >= 11 is 0. The van der Waals surface area contributed by atoms with Crippen molar-refractivity contribution < 1.29 is 9.59 Å². The predicted molar refractivity (Wildman–Crippen MR) is 80.0 cm³/mol. The number of amides is 2. The van der Waals surface area contributed by atoms with Gasteiger partial charge in [-0.2, -0.15) is 5.10 Å². The Labute approximate surface area is 129 Å². The van der Waals surface area contributed by atoms with Crippen LogP contribution in [-0.2, 0) is 9.59 Å². The van der Waals surface area contributed by atoms with Crippen LogP contribution in [0.15, 0.2) is 12.3 Å². The number of H-pyrrole nitrogens is 1. The minimum Gasteiger partial charge on any atom is -0.342 e. The number of nitrogens with one attached hydrogen (secondary N) is 1. The molecule has 0 radical (unpaired) electrons. The Bertz CT molecular complexity index is 567. The van der Waals surface area contributed by atoms with E-state index in [2.05, 4.69) is 10.2 Å².